The fourth-order valence-corrected chi connectivity index (χ4v) is 2.79. The van der Waals surface area contributed by atoms with Crippen molar-refractivity contribution in [2.24, 2.45) is 0 Å². The van der Waals surface area contributed by atoms with E-state index in [0.717, 1.165) is 5.56 Å². The Morgan fingerprint density at radius 3 is 2.24 bits per heavy atom. The summed E-state index contributed by atoms with van der Waals surface area (Å²) in [6, 6.07) is 10.2. The summed E-state index contributed by atoms with van der Waals surface area (Å²) in [5.41, 5.74) is 0.910. The van der Waals surface area contributed by atoms with Crippen molar-refractivity contribution in [3.8, 4) is 5.75 Å². The zero-order valence-corrected chi connectivity index (χ0v) is 12.5. The lowest BCUT2D eigenvalue weighted by Gasteiger charge is -2.20. The number of rotatable bonds is 5. The molecule has 0 aliphatic heterocycles. The number of alkyl halides is 3. The first-order valence-corrected chi connectivity index (χ1v) is 7.38. The molecule has 114 valence electrons. The van der Waals surface area contributed by atoms with Gasteiger partial charge in [-0.15, -0.1) is 24.5 Å². The highest BCUT2D eigenvalue weighted by Gasteiger charge is 2.31. The fraction of sp³-hybridized carbons (Fsp3) is 0.333. The minimum Gasteiger partial charge on any atom is -0.406 e. The van der Waals surface area contributed by atoms with Crippen LogP contribution in [0.4, 0.5) is 13.2 Å². The highest BCUT2D eigenvalue weighted by molar-refractivity contribution is 7.10. The van der Waals surface area contributed by atoms with Gasteiger partial charge < -0.3 is 10.1 Å². The third kappa shape index (κ3) is 4.75. The number of ether oxygens (including phenoxy) is 1. The van der Waals surface area contributed by atoms with E-state index < -0.39 is 6.36 Å². The van der Waals surface area contributed by atoms with Crippen LogP contribution in [0.15, 0.2) is 41.8 Å². The molecule has 2 atom stereocenters. The monoisotopic (exact) mass is 315 g/mol. The van der Waals surface area contributed by atoms with Crippen molar-refractivity contribution >= 4 is 11.3 Å². The van der Waals surface area contributed by atoms with Gasteiger partial charge >= 0.3 is 6.36 Å². The lowest BCUT2D eigenvalue weighted by molar-refractivity contribution is -0.274. The minimum atomic E-state index is -4.65. The third-order valence-corrected chi connectivity index (χ3v) is 4.14. The van der Waals surface area contributed by atoms with Crippen molar-refractivity contribution < 1.29 is 17.9 Å². The molecule has 0 bridgehead atoms. The molecule has 0 amide bonds. The van der Waals surface area contributed by atoms with Gasteiger partial charge in [-0.25, -0.2) is 0 Å². The lowest BCUT2D eigenvalue weighted by Crippen LogP contribution is -2.22. The first-order valence-electron chi connectivity index (χ1n) is 6.50. The predicted molar refractivity (Wildman–Crippen MR) is 77.4 cm³/mol. The van der Waals surface area contributed by atoms with E-state index >= 15 is 0 Å². The highest BCUT2D eigenvalue weighted by Crippen LogP contribution is 2.26. The van der Waals surface area contributed by atoms with E-state index in [2.05, 4.69) is 23.0 Å². The number of halogens is 3. The van der Waals surface area contributed by atoms with Crippen LogP contribution in [0, 0.1) is 0 Å². The van der Waals surface area contributed by atoms with E-state index in [9.17, 15) is 13.2 Å². The normalized spacial score (nSPS) is 14.7. The van der Waals surface area contributed by atoms with Crippen LogP contribution in [-0.4, -0.2) is 6.36 Å². The Morgan fingerprint density at radius 1 is 1.05 bits per heavy atom. The van der Waals surface area contributed by atoms with Gasteiger partial charge in [0.05, 0.1) is 0 Å². The summed E-state index contributed by atoms with van der Waals surface area (Å²) in [5, 5.41) is 5.43. The molecule has 1 unspecified atom stereocenters. The molecule has 1 aromatic carbocycles. The van der Waals surface area contributed by atoms with Gasteiger partial charge in [0.25, 0.3) is 0 Å². The summed E-state index contributed by atoms with van der Waals surface area (Å²) < 4.78 is 40.1. The Balaban J connectivity index is 1.98. The molecule has 6 heteroatoms. The van der Waals surface area contributed by atoms with Crippen molar-refractivity contribution in [2.45, 2.75) is 32.3 Å². The van der Waals surface area contributed by atoms with Crippen molar-refractivity contribution in [1.82, 2.24) is 5.32 Å². The molecule has 1 N–H and O–H groups in total. The predicted octanol–water partition coefficient (Wildman–Crippen LogP) is 5.06. The molecule has 0 saturated heterocycles. The van der Waals surface area contributed by atoms with E-state index in [4.69, 9.17) is 0 Å². The first kappa shape index (κ1) is 15.9. The highest BCUT2D eigenvalue weighted by atomic mass is 32.1. The molecule has 2 aromatic rings. The Kier molecular flexibility index (Phi) is 4.90. The largest absolute Gasteiger partial charge is 0.573 e. The van der Waals surface area contributed by atoms with E-state index in [1.165, 1.54) is 17.0 Å². The van der Waals surface area contributed by atoms with E-state index in [0.29, 0.717) is 0 Å². The summed E-state index contributed by atoms with van der Waals surface area (Å²) in [6.07, 6.45) is -4.65. The molecule has 0 fully saturated rings. The summed E-state index contributed by atoms with van der Waals surface area (Å²) in [5.74, 6) is -0.204. The average molecular weight is 315 g/mol. The number of benzene rings is 1. The number of hydrogen-bond acceptors (Lipinski definition) is 3. The summed E-state index contributed by atoms with van der Waals surface area (Å²) in [6.45, 7) is 4.03. The van der Waals surface area contributed by atoms with E-state index in [1.807, 2.05) is 18.4 Å². The van der Waals surface area contributed by atoms with Gasteiger partial charge in [-0.05, 0) is 43.0 Å². The van der Waals surface area contributed by atoms with Crippen LogP contribution >= 0.6 is 11.3 Å². The first-order chi connectivity index (χ1) is 9.85. The van der Waals surface area contributed by atoms with Crippen LogP contribution in [0.1, 0.15) is 36.4 Å². The van der Waals surface area contributed by atoms with Gasteiger partial charge in [-0.1, -0.05) is 18.2 Å². The third-order valence-electron chi connectivity index (χ3n) is 3.08. The van der Waals surface area contributed by atoms with Gasteiger partial charge in [0.2, 0.25) is 0 Å². The fourth-order valence-electron chi connectivity index (χ4n) is 2.05. The van der Waals surface area contributed by atoms with Crippen LogP contribution in [0.5, 0.6) is 5.75 Å². The van der Waals surface area contributed by atoms with Crippen molar-refractivity contribution in [3.05, 3.63) is 52.2 Å². The van der Waals surface area contributed by atoms with E-state index in [1.54, 1.807) is 23.5 Å². The van der Waals surface area contributed by atoms with Crippen LogP contribution in [0.25, 0.3) is 0 Å². The van der Waals surface area contributed by atoms with Gasteiger partial charge in [0.1, 0.15) is 5.75 Å². The van der Waals surface area contributed by atoms with Crippen LogP contribution < -0.4 is 10.1 Å². The van der Waals surface area contributed by atoms with E-state index in [-0.39, 0.29) is 17.8 Å². The lowest BCUT2D eigenvalue weighted by atomic mass is 10.1. The molecule has 1 heterocycles. The van der Waals surface area contributed by atoms with Crippen LogP contribution in [0.3, 0.4) is 0 Å². The Morgan fingerprint density at radius 2 is 1.71 bits per heavy atom. The molecule has 2 nitrogen and oxygen atoms in total. The van der Waals surface area contributed by atoms with Crippen molar-refractivity contribution in [2.75, 3.05) is 0 Å². The summed E-state index contributed by atoms with van der Waals surface area (Å²) in [7, 11) is 0. The quantitative estimate of drug-likeness (QED) is 0.833. The second-order valence-corrected chi connectivity index (χ2v) is 5.72. The molecule has 0 aliphatic rings. The average Bonchev–Trinajstić information content (AvgIpc) is 2.91. The molecule has 1 aromatic heterocycles. The Labute approximate surface area is 125 Å². The van der Waals surface area contributed by atoms with Gasteiger partial charge in [-0.3, -0.25) is 0 Å². The molecule has 21 heavy (non-hydrogen) atoms. The molecular weight excluding hydrogens is 299 g/mol. The topological polar surface area (TPSA) is 21.3 Å². The number of thiophene rings is 1. The van der Waals surface area contributed by atoms with Crippen LogP contribution in [0.2, 0.25) is 0 Å². The second-order valence-electron chi connectivity index (χ2n) is 4.74. The summed E-state index contributed by atoms with van der Waals surface area (Å²) >= 11 is 1.67. The second kappa shape index (κ2) is 6.49. The van der Waals surface area contributed by atoms with Crippen LogP contribution in [-0.2, 0) is 0 Å². The zero-order valence-electron chi connectivity index (χ0n) is 11.6. The maximum Gasteiger partial charge on any atom is 0.573 e. The molecular formula is C15H16F3NOS. The number of hydrogen-bond donors (Lipinski definition) is 1. The standard InChI is InChI=1S/C15H16F3NOS/c1-10(19-11(2)14-4-3-9-21-14)12-5-7-13(8-6-12)20-15(16,17)18/h3-11,19H,1-2H3/t10?,11-/m1/s1. The molecule has 0 spiro atoms. The smallest absolute Gasteiger partial charge is 0.406 e. The molecule has 0 aliphatic carbocycles. The van der Waals surface area contributed by atoms with Crippen molar-refractivity contribution in [1.29, 1.82) is 0 Å². The van der Waals surface area contributed by atoms with Gasteiger partial charge in [-0.2, -0.15) is 0 Å². The maximum absolute atomic E-state index is 12.1. The van der Waals surface area contributed by atoms with Crippen molar-refractivity contribution in [3.63, 3.8) is 0 Å². The molecule has 0 radical (unpaired) electrons. The molecule has 0 saturated carbocycles. The molecule has 2 rings (SSSR count). The minimum absolute atomic E-state index is 0.0297. The maximum atomic E-state index is 12.1. The number of nitrogens with one attached hydrogen (secondary N) is 1. The Hall–Kier alpha value is -1.53. The Bertz CT molecular complexity index is 551. The van der Waals surface area contributed by atoms with Gasteiger partial charge in [0.15, 0.2) is 0 Å². The SMILES string of the molecule is CC(N[C@H](C)c1cccs1)c1ccc(OC(F)(F)F)cc1. The zero-order chi connectivity index (χ0) is 15.5. The summed E-state index contributed by atoms with van der Waals surface area (Å²) in [4.78, 5) is 1.22. The van der Waals surface area contributed by atoms with Gasteiger partial charge in [0, 0.05) is 17.0 Å².